The van der Waals surface area contributed by atoms with E-state index in [1.54, 1.807) is 31.2 Å². The number of carbonyl (C=O) groups is 1. The highest BCUT2D eigenvalue weighted by molar-refractivity contribution is 6.30. The summed E-state index contributed by atoms with van der Waals surface area (Å²) in [6, 6.07) is 6.69. The zero-order valence-corrected chi connectivity index (χ0v) is 13.1. The molecule has 0 aliphatic heterocycles. The van der Waals surface area contributed by atoms with Gasteiger partial charge in [0, 0.05) is 16.3 Å². The lowest BCUT2D eigenvalue weighted by Crippen LogP contribution is -2.32. The molecule has 0 atom stereocenters. The Kier molecular flexibility index (Phi) is 4.82. The van der Waals surface area contributed by atoms with Crippen molar-refractivity contribution in [3.8, 4) is 0 Å². The van der Waals surface area contributed by atoms with Crippen molar-refractivity contribution in [1.29, 1.82) is 0 Å². The van der Waals surface area contributed by atoms with E-state index < -0.39 is 0 Å². The van der Waals surface area contributed by atoms with Gasteiger partial charge in [-0.1, -0.05) is 18.5 Å². The molecule has 0 bridgehead atoms. The molecule has 0 aliphatic rings. The van der Waals surface area contributed by atoms with Crippen LogP contribution in [0.3, 0.4) is 0 Å². The summed E-state index contributed by atoms with van der Waals surface area (Å²) in [6.07, 6.45) is 0.614. The molecule has 0 saturated carbocycles. The lowest BCUT2D eigenvalue weighted by molar-refractivity contribution is -0.116. The van der Waals surface area contributed by atoms with Crippen LogP contribution in [0, 0.1) is 6.92 Å². The number of aryl methyl sites for hydroxylation is 1. The third kappa shape index (κ3) is 3.46. The molecule has 0 fully saturated rings. The van der Waals surface area contributed by atoms with Gasteiger partial charge in [-0.2, -0.15) is 0 Å². The number of nitrogen functional groups attached to an aromatic ring is 1. The molecule has 0 spiro atoms. The van der Waals surface area contributed by atoms with E-state index in [0.29, 0.717) is 28.4 Å². The van der Waals surface area contributed by atoms with Gasteiger partial charge in [0.15, 0.2) is 0 Å². The number of benzene rings is 1. The largest absolute Gasteiger partial charge is 0.369 e. The van der Waals surface area contributed by atoms with Gasteiger partial charge in [0.25, 0.3) is 5.56 Å². The lowest BCUT2D eigenvalue weighted by atomic mass is 10.2. The normalized spacial score (nSPS) is 10.5. The summed E-state index contributed by atoms with van der Waals surface area (Å²) in [5.74, 6) is -0.319. The van der Waals surface area contributed by atoms with Crippen molar-refractivity contribution in [2.24, 2.45) is 0 Å². The Hall–Kier alpha value is -2.34. The van der Waals surface area contributed by atoms with Crippen LogP contribution in [0.25, 0.3) is 0 Å². The van der Waals surface area contributed by atoms with Gasteiger partial charge in [-0.25, -0.2) is 4.98 Å². The molecule has 0 radical (unpaired) electrons. The van der Waals surface area contributed by atoms with Crippen LogP contribution in [0.2, 0.25) is 5.02 Å². The number of hydrogen-bond donors (Lipinski definition) is 2. The van der Waals surface area contributed by atoms with Gasteiger partial charge in [0.2, 0.25) is 11.9 Å². The fourth-order valence-electron chi connectivity index (χ4n) is 2.09. The summed E-state index contributed by atoms with van der Waals surface area (Å²) < 4.78 is 1.17. The van der Waals surface area contributed by atoms with E-state index in [2.05, 4.69) is 10.3 Å². The predicted octanol–water partition coefficient (Wildman–Crippen LogP) is 1.99. The van der Waals surface area contributed by atoms with Crippen LogP contribution in [-0.4, -0.2) is 15.5 Å². The summed E-state index contributed by atoms with van der Waals surface area (Å²) in [4.78, 5) is 28.5. The van der Waals surface area contributed by atoms with E-state index >= 15 is 0 Å². The molecule has 2 aromatic rings. The molecule has 1 aromatic heterocycles. The van der Waals surface area contributed by atoms with Crippen molar-refractivity contribution in [2.45, 2.75) is 26.8 Å². The summed E-state index contributed by atoms with van der Waals surface area (Å²) in [5.41, 5.74) is 7.24. The smallest absolute Gasteiger partial charge is 0.258 e. The standard InChI is InChI=1S/C15H17ClN4O2/c1-3-12-9(2)14(22)20(15(17)19-12)8-13(21)18-11-6-4-10(16)5-7-11/h4-7H,3,8H2,1-2H3,(H2,17,19)(H,18,21). The second-order valence-electron chi connectivity index (χ2n) is 4.84. The van der Waals surface area contributed by atoms with E-state index in [1.165, 1.54) is 4.57 Å². The first kappa shape index (κ1) is 16.0. The third-order valence-electron chi connectivity index (χ3n) is 3.29. The molecule has 1 aromatic carbocycles. The van der Waals surface area contributed by atoms with Gasteiger partial charge in [0.1, 0.15) is 6.54 Å². The van der Waals surface area contributed by atoms with Crippen molar-refractivity contribution in [1.82, 2.24) is 9.55 Å². The Labute approximate surface area is 132 Å². The number of nitrogens with zero attached hydrogens (tertiary/aromatic N) is 2. The minimum Gasteiger partial charge on any atom is -0.369 e. The molecule has 1 heterocycles. The van der Waals surface area contributed by atoms with E-state index in [4.69, 9.17) is 17.3 Å². The minimum absolute atomic E-state index is 0.0405. The van der Waals surface area contributed by atoms with Gasteiger partial charge in [-0.05, 0) is 37.6 Å². The van der Waals surface area contributed by atoms with Crippen LogP contribution in [0.15, 0.2) is 29.1 Å². The van der Waals surface area contributed by atoms with Gasteiger partial charge < -0.3 is 11.1 Å². The molecular formula is C15H17ClN4O2. The number of hydrogen-bond acceptors (Lipinski definition) is 4. The summed E-state index contributed by atoms with van der Waals surface area (Å²) in [7, 11) is 0. The predicted molar refractivity (Wildman–Crippen MR) is 87.1 cm³/mol. The number of halogens is 1. The Morgan fingerprint density at radius 3 is 2.59 bits per heavy atom. The molecule has 0 unspecified atom stereocenters. The molecule has 0 saturated heterocycles. The van der Waals surface area contributed by atoms with Crippen molar-refractivity contribution in [2.75, 3.05) is 11.1 Å². The fourth-order valence-corrected chi connectivity index (χ4v) is 2.21. The molecule has 116 valence electrons. The number of amides is 1. The number of rotatable bonds is 4. The Morgan fingerprint density at radius 2 is 2.00 bits per heavy atom. The van der Waals surface area contributed by atoms with Crippen LogP contribution in [0.4, 0.5) is 11.6 Å². The first-order valence-corrected chi connectivity index (χ1v) is 7.21. The summed E-state index contributed by atoms with van der Waals surface area (Å²) in [5, 5.41) is 3.26. The molecule has 7 heteroatoms. The fraction of sp³-hybridized carbons (Fsp3) is 0.267. The van der Waals surface area contributed by atoms with Crippen molar-refractivity contribution < 1.29 is 4.79 Å². The Balaban J connectivity index is 2.20. The summed E-state index contributed by atoms with van der Waals surface area (Å²) in [6.45, 7) is 3.39. The van der Waals surface area contributed by atoms with E-state index in [1.807, 2.05) is 6.92 Å². The number of carbonyl (C=O) groups excluding carboxylic acids is 1. The third-order valence-corrected chi connectivity index (χ3v) is 3.54. The maximum atomic E-state index is 12.2. The monoisotopic (exact) mass is 320 g/mol. The zero-order valence-electron chi connectivity index (χ0n) is 12.4. The zero-order chi connectivity index (χ0) is 16.3. The van der Waals surface area contributed by atoms with Gasteiger partial charge in [-0.3, -0.25) is 14.2 Å². The Morgan fingerprint density at radius 1 is 1.36 bits per heavy atom. The quantitative estimate of drug-likeness (QED) is 0.901. The SMILES string of the molecule is CCc1nc(N)n(CC(=O)Nc2ccc(Cl)cc2)c(=O)c1C. The van der Waals surface area contributed by atoms with Crippen LogP contribution in [-0.2, 0) is 17.8 Å². The number of nitrogens with one attached hydrogen (secondary N) is 1. The maximum absolute atomic E-state index is 12.2. The van der Waals surface area contributed by atoms with Crippen molar-refractivity contribution in [3.63, 3.8) is 0 Å². The second kappa shape index (κ2) is 6.62. The van der Waals surface area contributed by atoms with Crippen LogP contribution in [0.5, 0.6) is 0 Å². The van der Waals surface area contributed by atoms with Crippen LogP contribution < -0.4 is 16.6 Å². The number of aromatic nitrogens is 2. The topological polar surface area (TPSA) is 90.0 Å². The highest BCUT2D eigenvalue weighted by Gasteiger charge is 2.13. The molecular weight excluding hydrogens is 304 g/mol. The summed E-state index contributed by atoms with van der Waals surface area (Å²) >= 11 is 5.78. The average molecular weight is 321 g/mol. The van der Waals surface area contributed by atoms with E-state index in [9.17, 15) is 9.59 Å². The van der Waals surface area contributed by atoms with Gasteiger partial charge in [0.05, 0.1) is 5.69 Å². The highest BCUT2D eigenvalue weighted by Crippen LogP contribution is 2.13. The van der Waals surface area contributed by atoms with Crippen molar-refractivity contribution in [3.05, 3.63) is 50.9 Å². The number of nitrogens with two attached hydrogens (primary N) is 1. The van der Waals surface area contributed by atoms with Gasteiger partial charge in [-0.15, -0.1) is 0 Å². The lowest BCUT2D eigenvalue weighted by Gasteiger charge is -2.12. The second-order valence-corrected chi connectivity index (χ2v) is 5.28. The van der Waals surface area contributed by atoms with E-state index in [-0.39, 0.29) is 24.0 Å². The molecule has 1 amide bonds. The minimum atomic E-state index is -0.360. The highest BCUT2D eigenvalue weighted by atomic mass is 35.5. The van der Waals surface area contributed by atoms with Crippen molar-refractivity contribution >= 4 is 29.1 Å². The van der Waals surface area contributed by atoms with Crippen LogP contribution in [0.1, 0.15) is 18.2 Å². The maximum Gasteiger partial charge on any atom is 0.258 e. The Bertz CT molecular complexity index is 753. The molecule has 0 aliphatic carbocycles. The number of anilines is 2. The first-order valence-electron chi connectivity index (χ1n) is 6.83. The average Bonchev–Trinajstić information content (AvgIpc) is 2.49. The van der Waals surface area contributed by atoms with Gasteiger partial charge >= 0.3 is 0 Å². The molecule has 22 heavy (non-hydrogen) atoms. The molecule has 6 nitrogen and oxygen atoms in total. The van der Waals surface area contributed by atoms with E-state index in [0.717, 1.165) is 0 Å². The molecule has 2 rings (SSSR count). The first-order chi connectivity index (χ1) is 10.4. The van der Waals surface area contributed by atoms with Crippen LogP contribution >= 0.6 is 11.6 Å². The molecule has 3 N–H and O–H groups in total.